The van der Waals surface area contributed by atoms with Gasteiger partial charge in [-0.3, -0.25) is 0 Å². The summed E-state index contributed by atoms with van der Waals surface area (Å²) in [4.78, 5) is 21.6. The Bertz CT molecular complexity index is 66.7. The van der Waals surface area contributed by atoms with Gasteiger partial charge in [0.1, 0.15) is 0 Å². The van der Waals surface area contributed by atoms with Gasteiger partial charge in [-0.1, -0.05) is 0 Å². The van der Waals surface area contributed by atoms with Crippen molar-refractivity contribution < 1.29 is 36.3 Å². The first-order valence-corrected chi connectivity index (χ1v) is 2.35. The summed E-state index contributed by atoms with van der Waals surface area (Å²) in [6, 6.07) is 0. The van der Waals surface area contributed by atoms with Crippen LogP contribution in [0.5, 0.6) is 0 Å². The Balaban J connectivity index is -0.0000000133. The van der Waals surface area contributed by atoms with Crippen LogP contribution in [0.2, 0.25) is 0 Å². The minimum absolute atomic E-state index is 0. The van der Waals surface area contributed by atoms with Gasteiger partial charge in [-0.15, -0.1) is 0 Å². The molecule has 54 valence electrons. The molecule has 0 aromatic carbocycles. The van der Waals surface area contributed by atoms with Crippen molar-refractivity contribution >= 4 is 86.0 Å². The van der Waals surface area contributed by atoms with Crippen LogP contribution < -0.4 is 0 Å². The van der Waals surface area contributed by atoms with Crippen molar-refractivity contribution in [2.45, 2.75) is 0 Å². The van der Waals surface area contributed by atoms with E-state index in [9.17, 15) is 0 Å². The standard InChI is InChI=1S/Al.Ca.Fe.Mg.H3O4P.7H/c;;;;1-5(2,3)4;;;;;;;/h;;;;(H3,1,2,3,4);;;;;;;. The van der Waals surface area contributed by atoms with Gasteiger partial charge in [0, 0.05) is 17.1 Å². The quantitative estimate of drug-likeness (QED) is 0.304. The van der Waals surface area contributed by atoms with Crippen LogP contribution in [-0.2, 0) is 21.6 Å². The molecule has 0 amide bonds. The first-order chi connectivity index (χ1) is 2.00. The van der Waals surface area contributed by atoms with E-state index in [-0.39, 0.29) is 95.2 Å². The van der Waals surface area contributed by atoms with Crippen LogP contribution in [0.1, 0.15) is 0 Å². The molecule has 0 saturated heterocycles. The maximum atomic E-state index is 8.88. The van der Waals surface area contributed by atoms with Gasteiger partial charge in [0.05, 0.1) is 0 Å². The molecule has 0 aromatic rings. The second-order valence-electron chi connectivity index (χ2n) is 0.513. The molecule has 0 aliphatic carbocycles. The number of hydrogen-bond donors (Lipinski definition) is 3. The molecule has 9 heteroatoms. The zero-order chi connectivity index (χ0) is 4.50. The molecule has 9 heavy (non-hydrogen) atoms. The molecule has 3 N–H and O–H groups in total. The second-order valence-corrected chi connectivity index (χ2v) is 1.54. The summed E-state index contributed by atoms with van der Waals surface area (Å²) in [6.45, 7) is 0. The molecule has 0 aliphatic heterocycles. The van der Waals surface area contributed by atoms with E-state index < -0.39 is 7.82 Å². The minimum atomic E-state index is -4.64. The fourth-order valence-electron chi connectivity index (χ4n) is 0. The van der Waals surface area contributed by atoms with Gasteiger partial charge >= 0.3 is 68.6 Å². The van der Waals surface area contributed by atoms with E-state index >= 15 is 0 Å². The third-order valence-electron chi connectivity index (χ3n) is 0. The molecule has 0 spiro atoms. The minimum Gasteiger partial charge on any atom is 0 e. The Morgan fingerprint density at radius 2 is 1.11 bits per heavy atom. The van der Waals surface area contributed by atoms with Gasteiger partial charge < -0.3 is 14.7 Å². The molecule has 0 radical (unpaired) electrons. The van der Waals surface area contributed by atoms with Gasteiger partial charge in [-0.25, -0.2) is 4.57 Å². The van der Waals surface area contributed by atoms with Crippen molar-refractivity contribution in [3.8, 4) is 0 Å². The van der Waals surface area contributed by atoms with Gasteiger partial charge in [0.2, 0.25) is 0 Å². The van der Waals surface area contributed by atoms with Crippen LogP contribution in [0.4, 0.5) is 0 Å². The molecule has 0 aliphatic rings. The van der Waals surface area contributed by atoms with Crippen LogP contribution >= 0.6 is 7.82 Å². The number of rotatable bonds is 0. The predicted molar refractivity (Wildman–Crippen MR) is 41.3 cm³/mol. The zero-order valence-corrected chi connectivity index (χ0v) is 4.55. The first-order valence-electron chi connectivity index (χ1n) is 0.783. The van der Waals surface area contributed by atoms with Crippen molar-refractivity contribution in [3.05, 3.63) is 0 Å². The van der Waals surface area contributed by atoms with Crippen molar-refractivity contribution in [2.24, 2.45) is 0 Å². The fraction of sp³-hybridized carbons (Fsp3) is 0. The molecule has 4 nitrogen and oxygen atoms in total. The zero-order valence-electron chi connectivity index (χ0n) is 2.55. The van der Waals surface area contributed by atoms with Crippen LogP contribution in [0.25, 0.3) is 0 Å². The van der Waals surface area contributed by atoms with Crippen LogP contribution in [0.15, 0.2) is 0 Å². The second kappa shape index (κ2) is 13.8. The van der Waals surface area contributed by atoms with Crippen molar-refractivity contribution in [1.29, 1.82) is 0 Å². The summed E-state index contributed by atoms with van der Waals surface area (Å²) in [5, 5.41) is 0. The molecule has 0 atom stereocenters. The molecule has 0 unspecified atom stereocenters. The van der Waals surface area contributed by atoms with E-state index in [2.05, 4.69) is 0 Å². The summed E-state index contributed by atoms with van der Waals surface area (Å²) in [7, 11) is -4.64. The summed E-state index contributed by atoms with van der Waals surface area (Å²) in [5.74, 6) is 0. The molecular formula is H10AlCaFeMgO4P. The SMILES string of the molecule is O=P(O)(O)O.[AlH3].[CaH2].[Fe].[MgH2]. The van der Waals surface area contributed by atoms with E-state index in [1.54, 1.807) is 0 Å². The Morgan fingerprint density at radius 1 is 1.11 bits per heavy atom. The largest absolute Gasteiger partial charge is 0.316 e. The number of hydrogen-bond acceptors (Lipinski definition) is 1. The molecule has 0 heterocycles. The molecule has 0 fully saturated rings. The van der Waals surface area contributed by atoms with Crippen molar-refractivity contribution in [3.63, 3.8) is 0 Å². The summed E-state index contributed by atoms with van der Waals surface area (Å²) in [5.41, 5.74) is 0. The monoisotopic (exact) mass is 252 g/mol. The third-order valence-corrected chi connectivity index (χ3v) is 0. The normalized spacial score (nSPS) is 6.56. The average molecular weight is 252 g/mol. The average Bonchev–Trinajstić information content (AvgIpc) is 0.722. The number of phosphoric acid groups is 1. The maximum Gasteiger partial charge on any atom is 0.316 e. The van der Waals surface area contributed by atoms with Crippen molar-refractivity contribution in [1.82, 2.24) is 0 Å². The van der Waals surface area contributed by atoms with E-state index in [1.165, 1.54) is 0 Å². The Hall–Kier alpha value is 3.19. The van der Waals surface area contributed by atoms with Crippen molar-refractivity contribution in [2.75, 3.05) is 0 Å². The molecule has 0 rings (SSSR count). The third kappa shape index (κ3) is 92.9. The maximum absolute atomic E-state index is 8.88. The fourth-order valence-corrected chi connectivity index (χ4v) is 0. The predicted octanol–water partition coefficient (Wildman–Crippen LogP) is -3.95. The van der Waals surface area contributed by atoms with Gasteiger partial charge in [0.15, 0.2) is 17.4 Å². The smallest absolute Gasteiger partial charge is 0 e. The van der Waals surface area contributed by atoms with Gasteiger partial charge in [-0.2, -0.15) is 0 Å². The van der Waals surface area contributed by atoms with E-state index in [1.807, 2.05) is 0 Å². The molecular weight excluding hydrogens is 242 g/mol. The van der Waals surface area contributed by atoms with Crippen LogP contribution in [0, 0.1) is 0 Å². The van der Waals surface area contributed by atoms with Gasteiger partial charge in [-0.05, 0) is 0 Å². The Kier molecular flexibility index (Phi) is 45.1. The molecule has 0 saturated carbocycles. The Morgan fingerprint density at radius 3 is 1.11 bits per heavy atom. The summed E-state index contributed by atoms with van der Waals surface area (Å²) in [6.07, 6.45) is 0. The van der Waals surface area contributed by atoms with E-state index in [0.717, 1.165) is 0 Å². The van der Waals surface area contributed by atoms with Crippen LogP contribution in [-0.4, -0.2) is 92.8 Å². The first kappa shape index (κ1) is 29.5. The molecule has 0 aromatic heterocycles. The van der Waals surface area contributed by atoms with E-state index in [4.69, 9.17) is 19.2 Å². The topological polar surface area (TPSA) is 77.8 Å². The Labute approximate surface area is 120 Å². The van der Waals surface area contributed by atoms with Gasteiger partial charge in [0.25, 0.3) is 0 Å². The molecule has 0 bridgehead atoms. The van der Waals surface area contributed by atoms with E-state index in [0.29, 0.717) is 0 Å². The summed E-state index contributed by atoms with van der Waals surface area (Å²) < 4.78 is 8.88. The summed E-state index contributed by atoms with van der Waals surface area (Å²) >= 11 is 0. The van der Waals surface area contributed by atoms with Crippen LogP contribution in [0.3, 0.4) is 0 Å².